The van der Waals surface area contributed by atoms with Gasteiger partial charge in [0.05, 0.1) is 0 Å². The van der Waals surface area contributed by atoms with Crippen LogP contribution in [0.1, 0.15) is 33.6 Å². The van der Waals surface area contributed by atoms with Crippen LogP contribution in [-0.4, -0.2) is 40.9 Å². The van der Waals surface area contributed by atoms with Crippen LogP contribution in [0.3, 0.4) is 0 Å². The lowest BCUT2D eigenvalue weighted by atomic mass is 10.0. The van der Waals surface area contributed by atoms with E-state index in [0.717, 1.165) is 6.42 Å². The summed E-state index contributed by atoms with van der Waals surface area (Å²) in [4.78, 5) is 21.7. The molecule has 0 fully saturated rings. The predicted octanol–water partition coefficient (Wildman–Crippen LogP) is 0.556. The van der Waals surface area contributed by atoms with Crippen molar-refractivity contribution in [3.05, 3.63) is 0 Å². The standard InChI is InChI=1S/C11H22N2O4/c1-4-8(7(2)3)13-11(17)12-6-5-9(14)10(15)16/h7-9,14H,4-6H2,1-3H3,(H,15,16)(H2,12,13,17)/t8?,9-/m0/s1. The summed E-state index contributed by atoms with van der Waals surface area (Å²) in [7, 11) is 0. The summed E-state index contributed by atoms with van der Waals surface area (Å²) in [6, 6.07) is -0.234. The molecule has 0 aliphatic carbocycles. The van der Waals surface area contributed by atoms with Gasteiger partial charge in [-0.1, -0.05) is 20.8 Å². The van der Waals surface area contributed by atoms with Crippen molar-refractivity contribution < 1.29 is 19.8 Å². The molecule has 0 spiro atoms. The second kappa shape index (κ2) is 7.89. The van der Waals surface area contributed by atoms with Crippen LogP contribution in [0.15, 0.2) is 0 Å². The van der Waals surface area contributed by atoms with E-state index in [1.165, 1.54) is 0 Å². The van der Waals surface area contributed by atoms with Crippen molar-refractivity contribution in [2.45, 2.75) is 45.8 Å². The summed E-state index contributed by atoms with van der Waals surface area (Å²) in [5.41, 5.74) is 0. The maximum absolute atomic E-state index is 11.4. The van der Waals surface area contributed by atoms with Crippen molar-refractivity contribution in [2.24, 2.45) is 5.92 Å². The van der Waals surface area contributed by atoms with E-state index in [9.17, 15) is 9.59 Å². The average molecular weight is 246 g/mol. The predicted molar refractivity (Wildman–Crippen MR) is 63.7 cm³/mol. The number of urea groups is 1. The minimum atomic E-state index is -1.43. The Bertz CT molecular complexity index is 256. The first-order chi connectivity index (χ1) is 7.88. The first kappa shape index (κ1) is 15.7. The molecule has 100 valence electrons. The fourth-order valence-corrected chi connectivity index (χ4v) is 1.41. The molecule has 6 nitrogen and oxygen atoms in total. The van der Waals surface area contributed by atoms with E-state index in [2.05, 4.69) is 10.6 Å². The van der Waals surface area contributed by atoms with Crippen LogP contribution in [0.5, 0.6) is 0 Å². The molecular weight excluding hydrogens is 224 g/mol. The number of nitrogens with one attached hydrogen (secondary N) is 2. The van der Waals surface area contributed by atoms with E-state index in [1.54, 1.807) is 0 Å². The molecule has 17 heavy (non-hydrogen) atoms. The Labute approximate surface area is 101 Å². The monoisotopic (exact) mass is 246 g/mol. The summed E-state index contributed by atoms with van der Waals surface area (Å²) in [5.74, 6) is -0.934. The van der Waals surface area contributed by atoms with Crippen LogP contribution in [0.4, 0.5) is 4.79 Å². The van der Waals surface area contributed by atoms with Crippen LogP contribution in [0.25, 0.3) is 0 Å². The molecule has 0 radical (unpaired) electrons. The first-order valence-corrected chi connectivity index (χ1v) is 5.83. The van der Waals surface area contributed by atoms with Gasteiger partial charge in [-0.3, -0.25) is 0 Å². The molecule has 1 unspecified atom stereocenters. The van der Waals surface area contributed by atoms with Gasteiger partial charge in [0.15, 0.2) is 6.10 Å². The lowest BCUT2D eigenvalue weighted by molar-refractivity contribution is -0.146. The number of amides is 2. The molecule has 4 N–H and O–H groups in total. The average Bonchev–Trinajstić information content (AvgIpc) is 2.25. The summed E-state index contributed by atoms with van der Waals surface area (Å²) in [6.07, 6.45) is -0.591. The number of aliphatic hydroxyl groups excluding tert-OH is 1. The van der Waals surface area contributed by atoms with Crippen molar-refractivity contribution in [3.63, 3.8) is 0 Å². The van der Waals surface area contributed by atoms with E-state index < -0.39 is 12.1 Å². The van der Waals surface area contributed by atoms with Gasteiger partial charge < -0.3 is 20.8 Å². The van der Waals surface area contributed by atoms with Gasteiger partial charge in [0.2, 0.25) is 0 Å². The smallest absolute Gasteiger partial charge is 0.332 e. The Morgan fingerprint density at radius 1 is 1.29 bits per heavy atom. The zero-order valence-corrected chi connectivity index (χ0v) is 10.6. The minimum Gasteiger partial charge on any atom is -0.479 e. The lowest BCUT2D eigenvalue weighted by Crippen LogP contribution is -2.45. The molecule has 0 aromatic heterocycles. The van der Waals surface area contributed by atoms with Gasteiger partial charge in [0, 0.05) is 19.0 Å². The quantitative estimate of drug-likeness (QED) is 0.527. The normalized spacial score (nSPS) is 14.2. The second-order valence-corrected chi connectivity index (χ2v) is 4.30. The van der Waals surface area contributed by atoms with Crippen LogP contribution >= 0.6 is 0 Å². The molecule has 0 rings (SSSR count). The van der Waals surface area contributed by atoms with Gasteiger partial charge in [0.25, 0.3) is 0 Å². The number of aliphatic hydroxyl groups is 1. The van der Waals surface area contributed by atoms with Crippen molar-refractivity contribution in [1.29, 1.82) is 0 Å². The molecule has 6 heteroatoms. The number of carboxylic acid groups (broad SMARTS) is 1. The van der Waals surface area contributed by atoms with Gasteiger partial charge in [-0.2, -0.15) is 0 Å². The van der Waals surface area contributed by atoms with Crippen molar-refractivity contribution >= 4 is 12.0 Å². The van der Waals surface area contributed by atoms with Crippen molar-refractivity contribution in [3.8, 4) is 0 Å². The fourth-order valence-electron chi connectivity index (χ4n) is 1.41. The molecule has 0 heterocycles. The Balaban J connectivity index is 3.83. The van der Waals surface area contributed by atoms with Crippen molar-refractivity contribution in [2.75, 3.05) is 6.54 Å². The number of rotatable bonds is 7. The maximum Gasteiger partial charge on any atom is 0.332 e. The number of hydrogen-bond acceptors (Lipinski definition) is 3. The second-order valence-electron chi connectivity index (χ2n) is 4.30. The molecule has 0 aromatic rings. The zero-order chi connectivity index (χ0) is 13.4. The minimum absolute atomic E-state index is 0.00121. The summed E-state index contributed by atoms with van der Waals surface area (Å²) in [5, 5.41) is 22.7. The number of carboxylic acids is 1. The highest BCUT2D eigenvalue weighted by Crippen LogP contribution is 2.04. The van der Waals surface area contributed by atoms with Crippen LogP contribution < -0.4 is 10.6 Å². The number of carbonyl (C=O) groups excluding carboxylic acids is 1. The van der Waals surface area contributed by atoms with Crippen LogP contribution in [0, 0.1) is 5.92 Å². The van der Waals surface area contributed by atoms with Crippen LogP contribution in [0.2, 0.25) is 0 Å². The molecule has 0 saturated heterocycles. The maximum atomic E-state index is 11.4. The molecule has 2 atom stereocenters. The van der Waals surface area contributed by atoms with Gasteiger partial charge in [-0.05, 0) is 12.3 Å². The van der Waals surface area contributed by atoms with E-state index in [-0.39, 0.29) is 25.0 Å². The highest BCUT2D eigenvalue weighted by molar-refractivity contribution is 5.74. The molecule has 0 bridgehead atoms. The van der Waals surface area contributed by atoms with E-state index in [1.807, 2.05) is 20.8 Å². The third-order valence-corrected chi connectivity index (χ3v) is 2.55. The van der Waals surface area contributed by atoms with Gasteiger partial charge in [-0.15, -0.1) is 0 Å². The third kappa shape index (κ3) is 6.78. The van der Waals surface area contributed by atoms with E-state index in [0.29, 0.717) is 5.92 Å². The first-order valence-electron chi connectivity index (χ1n) is 5.83. The van der Waals surface area contributed by atoms with Crippen molar-refractivity contribution in [1.82, 2.24) is 10.6 Å². The Hall–Kier alpha value is -1.30. The molecule has 2 amide bonds. The molecular formula is C11H22N2O4. The van der Waals surface area contributed by atoms with Crippen LogP contribution in [-0.2, 0) is 4.79 Å². The Morgan fingerprint density at radius 2 is 1.88 bits per heavy atom. The van der Waals surface area contributed by atoms with Gasteiger partial charge in [-0.25, -0.2) is 9.59 Å². The summed E-state index contributed by atoms with van der Waals surface area (Å²) in [6.45, 7) is 6.15. The lowest BCUT2D eigenvalue weighted by Gasteiger charge is -2.21. The van der Waals surface area contributed by atoms with Gasteiger partial charge >= 0.3 is 12.0 Å². The topological polar surface area (TPSA) is 98.7 Å². The molecule has 0 aliphatic rings. The highest BCUT2D eigenvalue weighted by Gasteiger charge is 2.15. The SMILES string of the molecule is CCC(NC(=O)NCC[C@H](O)C(=O)O)C(C)C. The fraction of sp³-hybridized carbons (Fsp3) is 0.818. The number of carbonyl (C=O) groups is 2. The Kier molecular flexibility index (Phi) is 7.29. The van der Waals surface area contributed by atoms with E-state index >= 15 is 0 Å². The Morgan fingerprint density at radius 3 is 2.29 bits per heavy atom. The highest BCUT2D eigenvalue weighted by atomic mass is 16.4. The van der Waals surface area contributed by atoms with E-state index in [4.69, 9.17) is 10.2 Å². The summed E-state index contributed by atoms with van der Waals surface area (Å²) >= 11 is 0. The summed E-state index contributed by atoms with van der Waals surface area (Å²) < 4.78 is 0. The number of aliphatic carboxylic acids is 1. The molecule has 0 aromatic carbocycles. The zero-order valence-electron chi connectivity index (χ0n) is 10.6. The van der Waals surface area contributed by atoms with Gasteiger partial charge in [0.1, 0.15) is 0 Å². The molecule has 0 aliphatic heterocycles. The third-order valence-electron chi connectivity index (χ3n) is 2.55. The molecule has 0 saturated carbocycles. The number of hydrogen-bond donors (Lipinski definition) is 4. The largest absolute Gasteiger partial charge is 0.479 e.